The van der Waals surface area contributed by atoms with Crippen molar-refractivity contribution in [3.05, 3.63) is 65.8 Å². The monoisotopic (exact) mass is 425 g/mol. The summed E-state index contributed by atoms with van der Waals surface area (Å²) >= 11 is 0. The third-order valence-corrected chi connectivity index (χ3v) is 4.95. The molecule has 1 amide bonds. The van der Waals surface area contributed by atoms with Crippen LogP contribution >= 0.6 is 0 Å². The van der Waals surface area contributed by atoms with Crippen LogP contribution in [0.4, 0.5) is 4.39 Å². The van der Waals surface area contributed by atoms with Crippen molar-refractivity contribution in [1.29, 1.82) is 0 Å². The molecule has 0 aliphatic heterocycles. The molecule has 0 aliphatic rings. The zero-order valence-corrected chi connectivity index (χ0v) is 18.3. The Morgan fingerprint density at radius 1 is 1.13 bits per heavy atom. The maximum absolute atomic E-state index is 13.8. The molecule has 1 heterocycles. The summed E-state index contributed by atoms with van der Waals surface area (Å²) in [5.74, 6) is 0.414. The van der Waals surface area contributed by atoms with Gasteiger partial charge in [-0.1, -0.05) is 50.6 Å². The van der Waals surface area contributed by atoms with E-state index in [0.29, 0.717) is 18.2 Å². The molecule has 0 radical (unpaired) electrons. The standard InChI is InChI=1S/C24H28FN3O3/c1-16-9-11-17(12-10-16)23-28-27-22(31-23)14-13-21(29)26-20(24(2,3)4)15-30-19-8-6-5-7-18(19)25/h5-12,20H,13-15H2,1-4H3,(H,26,29). The molecule has 0 aliphatic carbocycles. The molecule has 3 aromatic rings. The normalized spacial score (nSPS) is 12.4. The van der Waals surface area contributed by atoms with E-state index < -0.39 is 5.82 Å². The van der Waals surface area contributed by atoms with Crippen LogP contribution in [0, 0.1) is 18.2 Å². The van der Waals surface area contributed by atoms with Crippen LogP contribution in [0.15, 0.2) is 52.9 Å². The summed E-state index contributed by atoms with van der Waals surface area (Å²) in [6.45, 7) is 8.15. The minimum Gasteiger partial charge on any atom is -0.488 e. The molecule has 1 unspecified atom stereocenters. The molecule has 0 fully saturated rings. The molecule has 7 heteroatoms. The van der Waals surface area contributed by atoms with E-state index in [4.69, 9.17) is 9.15 Å². The van der Waals surface area contributed by atoms with Gasteiger partial charge in [-0.3, -0.25) is 4.79 Å². The smallest absolute Gasteiger partial charge is 0.247 e. The van der Waals surface area contributed by atoms with Gasteiger partial charge in [0.25, 0.3) is 0 Å². The Morgan fingerprint density at radius 2 is 1.84 bits per heavy atom. The van der Waals surface area contributed by atoms with Crippen molar-refractivity contribution in [2.24, 2.45) is 5.41 Å². The van der Waals surface area contributed by atoms with Gasteiger partial charge >= 0.3 is 0 Å². The van der Waals surface area contributed by atoms with Crippen molar-refractivity contribution < 1.29 is 18.3 Å². The average molecular weight is 426 g/mol. The lowest BCUT2D eigenvalue weighted by Crippen LogP contribution is -2.47. The zero-order valence-electron chi connectivity index (χ0n) is 18.3. The topological polar surface area (TPSA) is 77.2 Å². The SMILES string of the molecule is Cc1ccc(-c2nnc(CCC(=O)NC(COc3ccccc3F)C(C)(C)C)o2)cc1. The summed E-state index contributed by atoms with van der Waals surface area (Å²) < 4.78 is 25.1. The number of nitrogens with zero attached hydrogens (tertiary/aromatic N) is 2. The second kappa shape index (κ2) is 9.73. The predicted molar refractivity (Wildman–Crippen MR) is 116 cm³/mol. The summed E-state index contributed by atoms with van der Waals surface area (Å²) in [6, 6.07) is 13.7. The number of benzene rings is 2. The Balaban J connectivity index is 1.55. The maximum Gasteiger partial charge on any atom is 0.247 e. The van der Waals surface area contributed by atoms with Crippen LogP contribution in [0.1, 0.15) is 38.6 Å². The molecular weight excluding hydrogens is 397 g/mol. The molecule has 1 aromatic heterocycles. The van der Waals surface area contributed by atoms with Crippen LogP contribution in [0.5, 0.6) is 5.75 Å². The van der Waals surface area contributed by atoms with E-state index in [1.165, 1.54) is 6.07 Å². The highest BCUT2D eigenvalue weighted by atomic mass is 19.1. The molecule has 3 rings (SSSR count). The average Bonchev–Trinajstić information content (AvgIpc) is 3.19. The lowest BCUT2D eigenvalue weighted by Gasteiger charge is -2.31. The Bertz CT molecular complexity index is 1010. The first kappa shape index (κ1) is 22.5. The van der Waals surface area contributed by atoms with E-state index >= 15 is 0 Å². The number of para-hydroxylation sites is 1. The number of carbonyl (C=O) groups is 1. The number of halogens is 1. The summed E-state index contributed by atoms with van der Waals surface area (Å²) in [4.78, 5) is 12.5. The molecule has 0 spiro atoms. The van der Waals surface area contributed by atoms with Crippen molar-refractivity contribution in [3.63, 3.8) is 0 Å². The third-order valence-electron chi connectivity index (χ3n) is 4.95. The van der Waals surface area contributed by atoms with E-state index in [9.17, 15) is 9.18 Å². The van der Waals surface area contributed by atoms with Gasteiger partial charge in [-0.2, -0.15) is 0 Å². The van der Waals surface area contributed by atoms with Crippen molar-refractivity contribution in [2.45, 2.75) is 46.6 Å². The van der Waals surface area contributed by atoms with E-state index in [2.05, 4.69) is 15.5 Å². The Hall–Kier alpha value is -3.22. The van der Waals surface area contributed by atoms with Gasteiger partial charge in [0.05, 0.1) is 6.04 Å². The summed E-state index contributed by atoms with van der Waals surface area (Å²) in [7, 11) is 0. The van der Waals surface area contributed by atoms with Crippen molar-refractivity contribution in [3.8, 4) is 17.2 Å². The number of ether oxygens (including phenoxy) is 1. The number of hydrogen-bond acceptors (Lipinski definition) is 5. The predicted octanol–water partition coefficient (Wildman–Crippen LogP) is 4.73. The first-order valence-electron chi connectivity index (χ1n) is 10.3. The summed E-state index contributed by atoms with van der Waals surface area (Å²) in [5.41, 5.74) is 1.71. The minimum atomic E-state index is -0.428. The summed E-state index contributed by atoms with van der Waals surface area (Å²) in [6.07, 6.45) is 0.525. The van der Waals surface area contributed by atoms with Gasteiger partial charge < -0.3 is 14.5 Å². The van der Waals surface area contributed by atoms with E-state index in [-0.39, 0.29) is 36.1 Å². The van der Waals surface area contributed by atoms with E-state index in [1.807, 2.05) is 52.0 Å². The zero-order chi connectivity index (χ0) is 22.4. The van der Waals surface area contributed by atoms with Gasteiger partial charge in [0.2, 0.25) is 17.7 Å². The van der Waals surface area contributed by atoms with E-state index in [0.717, 1.165) is 11.1 Å². The number of hydrogen-bond donors (Lipinski definition) is 1. The van der Waals surface area contributed by atoms with E-state index in [1.54, 1.807) is 18.2 Å². The highest BCUT2D eigenvalue weighted by molar-refractivity contribution is 5.76. The van der Waals surface area contributed by atoms with Gasteiger partial charge in [0.15, 0.2) is 11.6 Å². The second-order valence-electron chi connectivity index (χ2n) is 8.59. The quantitative estimate of drug-likeness (QED) is 0.565. The van der Waals surface area contributed by atoms with Gasteiger partial charge in [0.1, 0.15) is 6.61 Å². The molecule has 164 valence electrons. The molecule has 1 N–H and O–H groups in total. The molecule has 0 saturated carbocycles. The summed E-state index contributed by atoms with van der Waals surface area (Å²) in [5, 5.41) is 11.1. The van der Waals surface area contributed by atoms with Crippen LogP contribution in [0.2, 0.25) is 0 Å². The van der Waals surface area contributed by atoms with Crippen LogP contribution in [-0.2, 0) is 11.2 Å². The molecule has 31 heavy (non-hydrogen) atoms. The fourth-order valence-electron chi connectivity index (χ4n) is 2.90. The molecular formula is C24H28FN3O3. The van der Waals surface area contributed by atoms with Crippen LogP contribution < -0.4 is 10.1 Å². The number of aromatic nitrogens is 2. The second-order valence-corrected chi connectivity index (χ2v) is 8.59. The van der Waals surface area contributed by atoms with Gasteiger partial charge in [-0.15, -0.1) is 10.2 Å². The number of carbonyl (C=O) groups excluding carboxylic acids is 1. The lowest BCUT2D eigenvalue weighted by atomic mass is 9.87. The number of nitrogens with one attached hydrogen (secondary N) is 1. The maximum atomic E-state index is 13.8. The Morgan fingerprint density at radius 3 is 2.52 bits per heavy atom. The minimum absolute atomic E-state index is 0.160. The van der Waals surface area contributed by atoms with Crippen molar-refractivity contribution in [1.82, 2.24) is 15.5 Å². The fraction of sp³-hybridized carbons (Fsp3) is 0.375. The largest absolute Gasteiger partial charge is 0.488 e. The first-order chi connectivity index (χ1) is 14.7. The number of rotatable bonds is 8. The molecule has 2 aromatic carbocycles. The fourth-order valence-corrected chi connectivity index (χ4v) is 2.90. The van der Waals surface area contributed by atoms with Crippen LogP contribution in [0.3, 0.4) is 0 Å². The molecule has 1 atom stereocenters. The van der Waals surface area contributed by atoms with Crippen LogP contribution in [-0.4, -0.2) is 28.8 Å². The highest BCUT2D eigenvalue weighted by Gasteiger charge is 2.27. The molecule has 0 saturated heterocycles. The van der Waals surface area contributed by atoms with Crippen LogP contribution in [0.25, 0.3) is 11.5 Å². The van der Waals surface area contributed by atoms with Gasteiger partial charge in [-0.25, -0.2) is 4.39 Å². The Labute approximate surface area is 181 Å². The molecule has 0 bridgehead atoms. The van der Waals surface area contributed by atoms with Crippen molar-refractivity contribution in [2.75, 3.05) is 6.61 Å². The Kier molecular flexibility index (Phi) is 7.05. The van der Waals surface area contributed by atoms with Gasteiger partial charge in [-0.05, 0) is 36.6 Å². The highest BCUT2D eigenvalue weighted by Crippen LogP contribution is 2.23. The number of amides is 1. The van der Waals surface area contributed by atoms with Crippen molar-refractivity contribution >= 4 is 5.91 Å². The lowest BCUT2D eigenvalue weighted by molar-refractivity contribution is -0.123. The molecule has 6 nitrogen and oxygen atoms in total. The third kappa shape index (κ3) is 6.38. The number of aryl methyl sites for hydroxylation is 2. The van der Waals surface area contributed by atoms with Gasteiger partial charge in [0, 0.05) is 18.4 Å². The first-order valence-corrected chi connectivity index (χ1v) is 10.3.